The van der Waals surface area contributed by atoms with E-state index in [9.17, 15) is 0 Å². The first-order chi connectivity index (χ1) is 12.1. The van der Waals surface area contributed by atoms with Gasteiger partial charge >= 0.3 is 0 Å². The van der Waals surface area contributed by atoms with Crippen molar-refractivity contribution >= 4 is 22.4 Å². The second-order valence-corrected chi connectivity index (χ2v) is 8.52. The Morgan fingerprint density at radius 2 is 2.12 bits per heavy atom. The molecule has 1 aromatic heterocycles. The first-order valence-corrected chi connectivity index (χ1v) is 10.4. The van der Waals surface area contributed by atoms with Crippen LogP contribution in [0.25, 0.3) is 0 Å². The summed E-state index contributed by atoms with van der Waals surface area (Å²) in [6, 6.07) is 0. The van der Waals surface area contributed by atoms with Gasteiger partial charge in [0.25, 0.3) is 0 Å². The molecule has 0 spiro atoms. The lowest BCUT2D eigenvalue weighted by Gasteiger charge is -2.36. The molecule has 0 amide bonds. The van der Waals surface area contributed by atoms with Crippen LogP contribution in [0.2, 0.25) is 0 Å². The number of nitrogens with two attached hydrogens (primary N) is 1. The Bertz CT molecular complexity index is 536. The van der Waals surface area contributed by atoms with Gasteiger partial charge in [0.05, 0.1) is 0 Å². The van der Waals surface area contributed by atoms with Crippen LogP contribution in [0.3, 0.4) is 0 Å². The number of guanidine groups is 1. The number of hydrogen-bond donors (Lipinski definition) is 1. The van der Waals surface area contributed by atoms with Crippen molar-refractivity contribution in [2.24, 2.45) is 22.6 Å². The summed E-state index contributed by atoms with van der Waals surface area (Å²) in [7, 11) is 0. The van der Waals surface area contributed by atoms with E-state index >= 15 is 0 Å². The fourth-order valence-electron chi connectivity index (χ4n) is 3.80. The summed E-state index contributed by atoms with van der Waals surface area (Å²) in [6.45, 7) is 12.9. The number of aliphatic imine (C=N–C) groups is 1. The number of aromatic nitrogens is 1. The topological polar surface area (TPSA) is 61.0 Å². The molecule has 0 saturated carbocycles. The summed E-state index contributed by atoms with van der Waals surface area (Å²) in [5.41, 5.74) is 6.28. The zero-order valence-corrected chi connectivity index (χ0v) is 16.4. The zero-order chi connectivity index (χ0) is 17.6. The highest BCUT2D eigenvalue weighted by molar-refractivity contribution is 7.13. The highest BCUT2D eigenvalue weighted by Gasteiger charge is 2.22. The van der Waals surface area contributed by atoms with Gasteiger partial charge in [-0.25, -0.2) is 4.98 Å². The maximum Gasteiger partial charge on any atom is 0.191 e. The molecule has 0 aliphatic carbocycles. The van der Waals surface area contributed by atoms with Crippen molar-refractivity contribution in [3.8, 4) is 0 Å². The summed E-state index contributed by atoms with van der Waals surface area (Å²) in [4.78, 5) is 16.3. The summed E-state index contributed by atoms with van der Waals surface area (Å²) in [5.74, 6) is 2.11. The molecule has 1 atom stereocenters. The molecule has 1 aromatic rings. The Hall–Kier alpha value is -1.34. The van der Waals surface area contributed by atoms with Gasteiger partial charge in [-0.2, -0.15) is 0 Å². The predicted molar refractivity (Wildman–Crippen MR) is 106 cm³/mol. The number of hydrogen-bond acceptors (Lipinski definition) is 5. The van der Waals surface area contributed by atoms with E-state index in [2.05, 4.69) is 33.5 Å². The second-order valence-electron chi connectivity index (χ2n) is 7.65. The Morgan fingerprint density at radius 1 is 1.32 bits per heavy atom. The first kappa shape index (κ1) is 18.5. The lowest BCUT2D eigenvalue weighted by atomic mass is 9.97. The largest absolute Gasteiger partial charge is 0.370 e. The standard InChI is InChI=1S/C18H32N6S/c1-15(2)13-22-6-3-4-16(14-22)12-21-17(19)23-7-9-24(10-8-23)18-20-5-11-25-18/h5,11,15-16H,3-4,6-10,12-14H2,1-2H3,(H2,19,21). The molecule has 2 N–H and O–H groups in total. The van der Waals surface area contributed by atoms with E-state index in [4.69, 9.17) is 10.7 Å². The Labute approximate surface area is 155 Å². The van der Waals surface area contributed by atoms with E-state index in [1.165, 1.54) is 32.5 Å². The van der Waals surface area contributed by atoms with Crippen LogP contribution in [0.1, 0.15) is 26.7 Å². The molecule has 3 rings (SSSR count). The SMILES string of the molecule is CC(C)CN1CCCC(CN=C(N)N2CCN(c3nccs3)CC2)C1. The molecule has 25 heavy (non-hydrogen) atoms. The van der Waals surface area contributed by atoms with Crippen LogP contribution in [0.5, 0.6) is 0 Å². The van der Waals surface area contributed by atoms with Gasteiger partial charge in [0.2, 0.25) is 0 Å². The van der Waals surface area contributed by atoms with Crippen LogP contribution in [-0.4, -0.2) is 73.1 Å². The van der Waals surface area contributed by atoms with Crippen molar-refractivity contribution in [3.05, 3.63) is 11.6 Å². The third-order valence-corrected chi connectivity index (χ3v) is 5.86. The van der Waals surface area contributed by atoms with E-state index in [1.807, 2.05) is 11.6 Å². The molecule has 1 unspecified atom stereocenters. The number of rotatable bonds is 5. The Balaban J connectivity index is 1.44. The smallest absolute Gasteiger partial charge is 0.191 e. The van der Waals surface area contributed by atoms with E-state index in [-0.39, 0.29) is 0 Å². The Morgan fingerprint density at radius 3 is 2.80 bits per heavy atom. The van der Waals surface area contributed by atoms with Crippen molar-refractivity contribution in [2.45, 2.75) is 26.7 Å². The lowest BCUT2D eigenvalue weighted by molar-refractivity contribution is 0.162. The monoisotopic (exact) mass is 364 g/mol. The molecule has 0 radical (unpaired) electrons. The van der Waals surface area contributed by atoms with E-state index in [0.717, 1.165) is 49.7 Å². The van der Waals surface area contributed by atoms with Crippen LogP contribution >= 0.6 is 11.3 Å². The maximum atomic E-state index is 6.28. The molecule has 2 aliphatic rings. The second kappa shape index (κ2) is 8.85. The predicted octanol–water partition coefficient (Wildman–Crippen LogP) is 1.95. The van der Waals surface area contributed by atoms with Gasteiger partial charge in [-0.05, 0) is 31.2 Å². The van der Waals surface area contributed by atoms with Gasteiger partial charge in [0, 0.05) is 57.4 Å². The molecule has 3 heterocycles. The summed E-state index contributed by atoms with van der Waals surface area (Å²) in [5, 5.41) is 3.15. The molecule has 2 aliphatic heterocycles. The zero-order valence-electron chi connectivity index (χ0n) is 15.6. The summed E-state index contributed by atoms with van der Waals surface area (Å²) in [6.07, 6.45) is 4.44. The fraction of sp³-hybridized carbons (Fsp3) is 0.778. The highest BCUT2D eigenvalue weighted by Crippen LogP contribution is 2.20. The quantitative estimate of drug-likeness (QED) is 0.639. The van der Waals surface area contributed by atoms with Crippen LogP contribution in [0, 0.1) is 11.8 Å². The van der Waals surface area contributed by atoms with Crippen LogP contribution in [-0.2, 0) is 0 Å². The van der Waals surface area contributed by atoms with Crippen LogP contribution < -0.4 is 10.6 Å². The van der Waals surface area contributed by atoms with Gasteiger partial charge in [-0.15, -0.1) is 11.3 Å². The molecule has 2 saturated heterocycles. The number of anilines is 1. The molecule has 0 aromatic carbocycles. The van der Waals surface area contributed by atoms with Gasteiger partial charge in [-0.3, -0.25) is 4.99 Å². The van der Waals surface area contributed by atoms with E-state index in [1.54, 1.807) is 11.3 Å². The number of likely N-dealkylation sites (tertiary alicyclic amines) is 1. The Kier molecular flexibility index (Phi) is 6.53. The minimum Gasteiger partial charge on any atom is -0.370 e. The average Bonchev–Trinajstić information content (AvgIpc) is 3.14. The molecule has 0 bridgehead atoms. The molecule has 6 nitrogen and oxygen atoms in total. The molecular formula is C18H32N6S. The molecular weight excluding hydrogens is 332 g/mol. The third kappa shape index (κ3) is 5.31. The fourth-order valence-corrected chi connectivity index (χ4v) is 4.50. The van der Waals surface area contributed by atoms with Crippen LogP contribution in [0.4, 0.5) is 5.13 Å². The number of thiazole rings is 1. The van der Waals surface area contributed by atoms with Gasteiger partial charge in [0.15, 0.2) is 11.1 Å². The number of nitrogens with zero attached hydrogens (tertiary/aromatic N) is 5. The van der Waals surface area contributed by atoms with Crippen LogP contribution in [0.15, 0.2) is 16.6 Å². The molecule has 140 valence electrons. The van der Waals surface area contributed by atoms with Crippen molar-refractivity contribution < 1.29 is 0 Å². The minimum atomic E-state index is 0.655. The summed E-state index contributed by atoms with van der Waals surface area (Å²) < 4.78 is 0. The maximum absolute atomic E-state index is 6.28. The van der Waals surface area contributed by atoms with Gasteiger partial charge < -0.3 is 20.4 Å². The first-order valence-electron chi connectivity index (χ1n) is 9.53. The summed E-state index contributed by atoms with van der Waals surface area (Å²) >= 11 is 1.70. The lowest BCUT2D eigenvalue weighted by Crippen LogP contribution is -2.51. The van der Waals surface area contributed by atoms with Crippen molar-refractivity contribution in [1.29, 1.82) is 0 Å². The average molecular weight is 365 g/mol. The molecule has 7 heteroatoms. The minimum absolute atomic E-state index is 0.655. The van der Waals surface area contributed by atoms with Crippen molar-refractivity contribution in [2.75, 3.05) is 57.3 Å². The number of piperazine rings is 1. The van der Waals surface area contributed by atoms with E-state index in [0.29, 0.717) is 5.92 Å². The normalized spacial score (nSPS) is 23.5. The van der Waals surface area contributed by atoms with Gasteiger partial charge in [0.1, 0.15) is 0 Å². The van der Waals surface area contributed by atoms with E-state index < -0.39 is 0 Å². The molecule has 2 fully saturated rings. The van der Waals surface area contributed by atoms with Crippen molar-refractivity contribution in [1.82, 2.24) is 14.8 Å². The van der Waals surface area contributed by atoms with Crippen molar-refractivity contribution in [3.63, 3.8) is 0 Å². The number of piperidine rings is 1. The highest BCUT2D eigenvalue weighted by atomic mass is 32.1. The third-order valence-electron chi connectivity index (χ3n) is 5.03. The van der Waals surface area contributed by atoms with Gasteiger partial charge in [-0.1, -0.05) is 13.8 Å².